The zero-order valence-electron chi connectivity index (χ0n) is 24.5. The minimum absolute atomic E-state index is 0.0387. The molecule has 0 saturated heterocycles. The SMILES string of the molecule is CCC.CCC(C)C(=O)c1cccc(NC(=O)C2=C(C)NC(Nc3nc4ccccc4o3)=NC2c2ccccc2Cl)c1. The predicted molar refractivity (Wildman–Crippen MR) is 170 cm³/mol. The first kappa shape index (κ1) is 30.5. The second kappa shape index (κ2) is 14.0. The first-order valence-corrected chi connectivity index (χ1v) is 14.5. The van der Waals surface area contributed by atoms with Gasteiger partial charge in [0, 0.05) is 33.5 Å². The van der Waals surface area contributed by atoms with Crippen LogP contribution in [0.15, 0.2) is 93.5 Å². The van der Waals surface area contributed by atoms with Crippen molar-refractivity contribution in [3.63, 3.8) is 0 Å². The smallest absolute Gasteiger partial charge is 0.302 e. The van der Waals surface area contributed by atoms with E-state index >= 15 is 0 Å². The molecular formula is C33H36ClN5O3. The Morgan fingerprint density at radius 3 is 2.45 bits per heavy atom. The molecule has 0 radical (unpaired) electrons. The van der Waals surface area contributed by atoms with Crippen LogP contribution >= 0.6 is 11.6 Å². The summed E-state index contributed by atoms with van der Waals surface area (Å²) < 4.78 is 5.79. The molecule has 42 heavy (non-hydrogen) atoms. The van der Waals surface area contributed by atoms with Crippen molar-refractivity contribution in [3.8, 4) is 0 Å². The number of hydrogen-bond acceptors (Lipinski definition) is 7. The van der Waals surface area contributed by atoms with Crippen LogP contribution in [-0.4, -0.2) is 22.6 Å². The summed E-state index contributed by atoms with van der Waals surface area (Å²) in [5, 5.41) is 9.66. The van der Waals surface area contributed by atoms with Crippen molar-refractivity contribution in [2.24, 2.45) is 10.9 Å². The van der Waals surface area contributed by atoms with Gasteiger partial charge in [0.25, 0.3) is 5.91 Å². The average Bonchev–Trinajstić information content (AvgIpc) is 3.39. The van der Waals surface area contributed by atoms with Crippen LogP contribution in [0.5, 0.6) is 0 Å². The zero-order chi connectivity index (χ0) is 30.2. The van der Waals surface area contributed by atoms with E-state index in [9.17, 15) is 9.59 Å². The average molecular weight is 586 g/mol. The maximum Gasteiger partial charge on any atom is 0.302 e. The Kier molecular flexibility index (Phi) is 10.1. The largest absolute Gasteiger partial charge is 0.423 e. The number of allylic oxidation sites excluding steroid dienone is 1. The third kappa shape index (κ3) is 7.06. The quantitative estimate of drug-likeness (QED) is 0.189. The number of halogens is 1. The molecule has 8 nitrogen and oxygen atoms in total. The summed E-state index contributed by atoms with van der Waals surface area (Å²) >= 11 is 6.56. The monoisotopic (exact) mass is 585 g/mol. The Balaban J connectivity index is 0.00000129. The molecule has 9 heteroatoms. The fourth-order valence-corrected chi connectivity index (χ4v) is 4.64. The molecule has 0 bridgehead atoms. The number of nitrogens with zero attached hydrogens (tertiary/aromatic N) is 2. The first-order chi connectivity index (χ1) is 20.2. The maximum absolute atomic E-state index is 13.7. The minimum Gasteiger partial charge on any atom is -0.423 e. The molecule has 1 amide bonds. The van der Waals surface area contributed by atoms with E-state index in [1.54, 1.807) is 37.3 Å². The van der Waals surface area contributed by atoms with Crippen LogP contribution in [0, 0.1) is 5.92 Å². The molecule has 1 aliphatic rings. The first-order valence-electron chi connectivity index (χ1n) is 14.1. The summed E-state index contributed by atoms with van der Waals surface area (Å²) in [5.74, 6) is -0.0595. The number of nitrogens with one attached hydrogen (secondary N) is 3. The molecule has 3 aromatic carbocycles. The van der Waals surface area contributed by atoms with Gasteiger partial charge in [-0.15, -0.1) is 0 Å². The highest BCUT2D eigenvalue weighted by atomic mass is 35.5. The highest BCUT2D eigenvalue weighted by Crippen LogP contribution is 2.35. The molecule has 4 aromatic rings. The normalized spacial score (nSPS) is 15.2. The molecule has 2 heterocycles. The van der Waals surface area contributed by atoms with Gasteiger partial charge >= 0.3 is 6.01 Å². The van der Waals surface area contributed by atoms with Gasteiger partial charge in [0.2, 0.25) is 5.96 Å². The number of oxazole rings is 1. The number of carbonyl (C=O) groups excluding carboxylic acids is 2. The van der Waals surface area contributed by atoms with Crippen LogP contribution < -0.4 is 16.0 Å². The Morgan fingerprint density at radius 1 is 1.02 bits per heavy atom. The van der Waals surface area contributed by atoms with Crippen molar-refractivity contribution in [3.05, 3.63) is 100 Å². The number of amides is 1. The lowest BCUT2D eigenvalue weighted by molar-refractivity contribution is -0.113. The van der Waals surface area contributed by atoms with Crippen molar-refractivity contribution < 1.29 is 14.0 Å². The third-order valence-electron chi connectivity index (χ3n) is 6.67. The van der Waals surface area contributed by atoms with E-state index in [2.05, 4.69) is 34.8 Å². The van der Waals surface area contributed by atoms with Crippen molar-refractivity contribution in [1.82, 2.24) is 10.3 Å². The summed E-state index contributed by atoms with van der Waals surface area (Å²) in [4.78, 5) is 35.6. The summed E-state index contributed by atoms with van der Waals surface area (Å²) in [6.45, 7) is 9.92. The van der Waals surface area contributed by atoms with Crippen LogP contribution in [0.25, 0.3) is 11.1 Å². The number of carbonyl (C=O) groups is 2. The van der Waals surface area contributed by atoms with Gasteiger partial charge in [0.15, 0.2) is 11.4 Å². The van der Waals surface area contributed by atoms with Gasteiger partial charge in [-0.1, -0.05) is 88.2 Å². The summed E-state index contributed by atoms with van der Waals surface area (Å²) in [7, 11) is 0. The molecule has 2 unspecified atom stereocenters. The van der Waals surface area contributed by atoms with E-state index in [0.29, 0.717) is 50.2 Å². The van der Waals surface area contributed by atoms with E-state index in [4.69, 9.17) is 21.0 Å². The molecule has 0 aliphatic carbocycles. The van der Waals surface area contributed by atoms with Gasteiger partial charge in [0.05, 0.1) is 5.57 Å². The summed E-state index contributed by atoms with van der Waals surface area (Å²) in [5.41, 5.74) is 4.07. The van der Waals surface area contributed by atoms with Crippen LogP contribution in [0.2, 0.25) is 5.02 Å². The predicted octanol–water partition coefficient (Wildman–Crippen LogP) is 8.15. The highest BCUT2D eigenvalue weighted by Gasteiger charge is 2.31. The summed E-state index contributed by atoms with van der Waals surface area (Å²) in [6.07, 6.45) is 1.99. The van der Waals surface area contributed by atoms with Crippen molar-refractivity contribution in [2.75, 3.05) is 10.6 Å². The number of anilines is 2. The molecule has 0 spiro atoms. The number of benzene rings is 3. The van der Waals surface area contributed by atoms with Crippen molar-refractivity contribution in [2.45, 2.75) is 53.5 Å². The molecule has 0 fully saturated rings. The number of aliphatic imine (C=N–C) groups is 1. The topological polar surface area (TPSA) is 109 Å². The molecule has 218 valence electrons. The number of guanidine groups is 1. The maximum atomic E-state index is 13.7. The molecular weight excluding hydrogens is 550 g/mol. The number of fused-ring (bicyclic) bond motifs is 1. The minimum atomic E-state index is -0.711. The molecule has 2 atom stereocenters. The number of rotatable bonds is 7. The summed E-state index contributed by atoms with van der Waals surface area (Å²) in [6, 6.07) is 21.2. The van der Waals surface area contributed by atoms with Gasteiger partial charge in [0.1, 0.15) is 11.6 Å². The number of aromatic nitrogens is 1. The van der Waals surface area contributed by atoms with E-state index in [1.807, 2.05) is 56.3 Å². The molecule has 1 aromatic heterocycles. The van der Waals surface area contributed by atoms with Gasteiger partial charge in [-0.05, 0) is 43.7 Å². The zero-order valence-corrected chi connectivity index (χ0v) is 25.3. The second-order valence-corrected chi connectivity index (χ2v) is 10.5. The van der Waals surface area contributed by atoms with Crippen LogP contribution in [-0.2, 0) is 4.79 Å². The Labute approximate surface area is 251 Å². The Bertz CT molecular complexity index is 1610. The fourth-order valence-electron chi connectivity index (χ4n) is 4.40. The molecule has 1 aliphatic heterocycles. The van der Waals surface area contributed by atoms with Crippen molar-refractivity contribution >= 4 is 52.1 Å². The lowest BCUT2D eigenvalue weighted by atomic mass is 9.95. The lowest BCUT2D eigenvalue weighted by Crippen LogP contribution is -2.37. The molecule has 5 rings (SSSR count). The number of para-hydroxylation sites is 2. The van der Waals surface area contributed by atoms with Gasteiger partial charge in [-0.2, -0.15) is 4.98 Å². The number of Topliss-reactive ketones (excluding diaryl/α,β-unsaturated/α-hetero) is 1. The van der Waals surface area contributed by atoms with Crippen LogP contribution in [0.4, 0.5) is 11.7 Å². The highest BCUT2D eigenvalue weighted by molar-refractivity contribution is 6.31. The number of hydrogen-bond donors (Lipinski definition) is 3. The Morgan fingerprint density at radius 2 is 1.74 bits per heavy atom. The van der Waals surface area contributed by atoms with E-state index in [1.165, 1.54) is 6.42 Å². The van der Waals surface area contributed by atoms with Gasteiger partial charge < -0.3 is 15.1 Å². The van der Waals surface area contributed by atoms with E-state index in [-0.39, 0.29) is 23.6 Å². The lowest BCUT2D eigenvalue weighted by Gasteiger charge is -2.27. The number of ketones is 1. The van der Waals surface area contributed by atoms with E-state index < -0.39 is 6.04 Å². The van der Waals surface area contributed by atoms with Gasteiger partial charge in [-0.25, -0.2) is 4.99 Å². The fraction of sp³-hybridized carbons (Fsp3) is 0.273. The molecule has 0 saturated carbocycles. The Hall–Kier alpha value is -4.43. The second-order valence-electron chi connectivity index (χ2n) is 10.1. The molecule has 3 N–H and O–H groups in total. The van der Waals surface area contributed by atoms with Crippen LogP contribution in [0.1, 0.15) is 69.4 Å². The van der Waals surface area contributed by atoms with Gasteiger partial charge in [-0.3, -0.25) is 14.9 Å². The standard InChI is InChI=1S/C30H28ClN5O3.C3H8/c1-4-17(2)27(37)19-10-9-11-20(16-19)33-28(38)25-18(3)32-29(35-26(25)21-12-5-6-13-22(21)31)36-30-34-23-14-7-8-15-24(23)39-30;1-3-2/h5-17,26H,4H2,1-3H3,(H,33,38)(H2,32,34,35,36);3H2,1-2H3. The third-order valence-corrected chi connectivity index (χ3v) is 7.01. The van der Waals surface area contributed by atoms with Crippen molar-refractivity contribution in [1.29, 1.82) is 0 Å². The van der Waals surface area contributed by atoms with Crippen LogP contribution in [0.3, 0.4) is 0 Å². The van der Waals surface area contributed by atoms with E-state index in [0.717, 1.165) is 6.42 Å².